The zero-order chi connectivity index (χ0) is 41.0. The molecule has 0 spiro atoms. The Kier molecular flexibility index (Phi) is 8.42. The second-order valence-corrected chi connectivity index (χ2v) is 15.6. The van der Waals surface area contributed by atoms with E-state index in [-0.39, 0.29) is 0 Å². The van der Waals surface area contributed by atoms with Gasteiger partial charge in [-0.15, -0.1) is 0 Å². The van der Waals surface area contributed by atoms with E-state index >= 15 is 0 Å². The van der Waals surface area contributed by atoms with Crippen LogP contribution < -0.4 is 0 Å². The molecule has 3 aromatic heterocycles. The van der Waals surface area contributed by atoms with Crippen LogP contribution in [0.3, 0.4) is 0 Å². The summed E-state index contributed by atoms with van der Waals surface area (Å²) in [5.74, 6) is 1.81. The van der Waals surface area contributed by atoms with Gasteiger partial charge in [0.15, 0.2) is 17.5 Å². The quantitative estimate of drug-likeness (QED) is 0.161. The van der Waals surface area contributed by atoms with Crippen molar-refractivity contribution in [2.24, 2.45) is 0 Å². The zero-order valence-electron chi connectivity index (χ0n) is 33.5. The Labute approximate surface area is 357 Å². The van der Waals surface area contributed by atoms with E-state index in [1.807, 2.05) is 36.4 Å². The van der Waals surface area contributed by atoms with Crippen molar-refractivity contribution in [3.05, 3.63) is 218 Å². The summed E-state index contributed by atoms with van der Waals surface area (Å²) in [7, 11) is 0. The average Bonchev–Trinajstić information content (AvgIpc) is 3.90. The second-order valence-electron chi connectivity index (χ2n) is 15.6. The molecule has 12 aromatic rings. The van der Waals surface area contributed by atoms with E-state index in [4.69, 9.17) is 19.4 Å². The first kappa shape index (κ1) is 35.5. The number of nitrogens with zero attached hydrogens (tertiary/aromatic N) is 4. The molecule has 0 radical (unpaired) electrons. The van der Waals surface area contributed by atoms with Gasteiger partial charge >= 0.3 is 0 Å². The molecule has 5 heteroatoms. The molecule has 0 aliphatic rings. The zero-order valence-corrected chi connectivity index (χ0v) is 33.5. The third-order valence-corrected chi connectivity index (χ3v) is 11.9. The molecule has 5 nitrogen and oxygen atoms in total. The molecule has 0 aliphatic carbocycles. The summed E-state index contributed by atoms with van der Waals surface area (Å²) < 4.78 is 8.99. The van der Waals surface area contributed by atoms with Crippen LogP contribution >= 0.6 is 0 Å². The van der Waals surface area contributed by atoms with Crippen LogP contribution in [0.1, 0.15) is 0 Å². The SMILES string of the molecule is c1ccc(-c2ccc(-c3nc(-c4ccccc4)nc(-c4ccc5c(c4)oc4ccc(-c6ccccc6-c6cccc7c8ccccc8n(-c8ccccc8)c67)cc45)n3)cc2)cc1. The molecule has 0 aliphatic heterocycles. The molecule has 0 bridgehead atoms. The van der Waals surface area contributed by atoms with E-state index in [9.17, 15) is 0 Å². The van der Waals surface area contributed by atoms with E-state index in [0.29, 0.717) is 17.5 Å². The van der Waals surface area contributed by atoms with Gasteiger partial charge in [-0.25, -0.2) is 15.0 Å². The number of benzene rings is 9. The van der Waals surface area contributed by atoms with Gasteiger partial charge in [0.2, 0.25) is 0 Å². The molecule has 0 amide bonds. The van der Waals surface area contributed by atoms with Crippen LogP contribution in [0.2, 0.25) is 0 Å². The van der Waals surface area contributed by atoms with Gasteiger partial charge in [-0.3, -0.25) is 0 Å². The van der Waals surface area contributed by atoms with Crippen molar-refractivity contribution < 1.29 is 4.42 Å². The van der Waals surface area contributed by atoms with Crippen LogP contribution in [0.4, 0.5) is 0 Å². The number of hydrogen-bond donors (Lipinski definition) is 0. The Morgan fingerprint density at radius 2 is 0.839 bits per heavy atom. The third kappa shape index (κ3) is 6.06. The molecule has 0 N–H and O–H groups in total. The van der Waals surface area contributed by atoms with Crippen LogP contribution in [-0.2, 0) is 0 Å². The van der Waals surface area contributed by atoms with E-state index < -0.39 is 0 Å². The van der Waals surface area contributed by atoms with Crippen LogP contribution in [0.5, 0.6) is 0 Å². The highest BCUT2D eigenvalue weighted by Gasteiger charge is 2.20. The molecule has 62 heavy (non-hydrogen) atoms. The predicted molar refractivity (Wildman–Crippen MR) is 254 cm³/mol. The molecule has 0 atom stereocenters. The monoisotopic (exact) mass is 792 g/mol. The number of hydrogen-bond acceptors (Lipinski definition) is 4. The lowest BCUT2D eigenvalue weighted by Gasteiger charge is -2.15. The van der Waals surface area contributed by atoms with Crippen molar-refractivity contribution in [2.75, 3.05) is 0 Å². The molecule has 12 rings (SSSR count). The van der Waals surface area contributed by atoms with Crippen LogP contribution in [0.15, 0.2) is 223 Å². The fourth-order valence-electron chi connectivity index (χ4n) is 8.93. The van der Waals surface area contributed by atoms with Crippen molar-refractivity contribution >= 4 is 43.7 Å². The molecular formula is C57H36N4O. The molecule has 290 valence electrons. The van der Waals surface area contributed by atoms with Crippen LogP contribution in [0, 0.1) is 0 Å². The number of para-hydroxylation sites is 3. The highest BCUT2D eigenvalue weighted by Crippen LogP contribution is 2.43. The number of rotatable bonds is 7. The standard InChI is InChI=1S/C57H36N4O/c1-4-15-37(16-5-1)38-27-29-40(30-28-38)56-58-55(39-17-6-2-7-18-39)59-57(60-56)42-31-33-47-50-35-41(32-34-52(50)62-53(47)36-42)44-21-10-11-22-45(44)48-24-14-25-49-46-23-12-13-26-51(46)61(54(48)49)43-19-8-3-9-20-43/h1-36H. The minimum Gasteiger partial charge on any atom is -0.456 e. The molecule has 0 saturated heterocycles. The summed E-state index contributed by atoms with van der Waals surface area (Å²) in [6.07, 6.45) is 0. The van der Waals surface area contributed by atoms with E-state index in [1.165, 1.54) is 32.9 Å². The first-order valence-corrected chi connectivity index (χ1v) is 20.8. The molecule has 0 unspecified atom stereocenters. The summed E-state index contributed by atoms with van der Waals surface area (Å²) in [4.78, 5) is 15.0. The smallest absolute Gasteiger partial charge is 0.164 e. The van der Waals surface area contributed by atoms with E-state index in [0.717, 1.165) is 66.6 Å². The second kappa shape index (κ2) is 14.7. The van der Waals surface area contributed by atoms with Gasteiger partial charge in [-0.2, -0.15) is 0 Å². The topological polar surface area (TPSA) is 56.7 Å². The Balaban J connectivity index is 0.960. The predicted octanol–water partition coefficient (Wildman–Crippen LogP) is 14.9. The highest BCUT2D eigenvalue weighted by molar-refractivity contribution is 6.15. The lowest BCUT2D eigenvalue weighted by atomic mass is 9.92. The van der Waals surface area contributed by atoms with E-state index in [2.05, 4.69) is 187 Å². The minimum atomic E-state index is 0.583. The summed E-state index contributed by atoms with van der Waals surface area (Å²) in [6.45, 7) is 0. The maximum atomic E-state index is 6.59. The van der Waals surface area contributed by atoms with Gasteiger partial charge in [0.05, 0.1) is 11.0 Å². The fraction of sp³-hybridized carbons (Fsp3) is 0. The lowest BCUT2D eigenvalue weighted by molar-refractivity contribution is 0.669. The van der Waals surface area contributed by atoms with Crippen LogP contribution in [0.25, 0.3) is 117 Å². The minimum absolute atomic E-state index is 0.583. The number of fused-ring (bicyclic) bond motifs is 6. The average molecular weight is 793 g/mol. The van der Waals surface area contributed by atoms with Crippen molar-refractivity contribution in [2.45, 2.75) is 0 Å². The highest BCUT2D eigenvalue weighted by atomic mass is 16.3. The van der Waals surface area contributed by atoms with Gasteiger partial charge in [0, 0.05) is 49.5 Å². The van der Waals surface area contributed by atoms with Gasteiger partial charge < -0.3 is 8.98 Å². The summed E-state index contributed by atoms with van der Waals surface area (Å²) in [6, 6.07) is 76.4. The molecule has 9 aromatic carbocycles. The van der Waals surface area contributed by atoms with Gasteiger partial charge in [-0.05, 0) is 70.3 Å². The van der Waals surface area contributed by atoms with Crippen molar-refractivity contribution in [3.63, 3.8) is 0 Å². The van der Waals surface area contributed by atoms with Crippen molar-refractivity contribution in [1.29, 1.82) is 0 Å². The third-order valence-electron chi connectivity index (χ3n) is 11.9. The van der Waals surface area contributed by atoms with Crippen molar-refractivity contribution in [1.82, 2.24) is 19.5 Å². The Morgan fingerprint density at radius 3 is 1.60 bits per heavy atom. The van der Waals surface area contributed by atoms with Gasteiger partial charge in [-0.1, -0.05) is 176 Å². The Hall–Kier alpha value is -8.41. The largest absolute Gasteiger partial charge is 0.456 e. The van der Waals surface area contributed by atoms with Crippen LogP contribution in [-0.4, -0.2) is 19.5 Å². The number of furan rings is 1. The Bertz CT molecular complexity index is 3610. The summed E-state index contributed by atoms with van der Waals surface area (Å²) in [5.41, 5.74) is 14.7. The van der Waals surface area contributed by atoms with Gasteiger partial charge in [0.1, 0.15) is 11.2 Å². The molecule has 0 fully saturated rings. The lowest BCUT2D eigenvalue weighted by Crippen LogP contribution is -2.00. The molecule has 0 saturated carbocycles. The van der Waals surface area contributed by atoms with Crippen molar-refractivity contribution in [3.8, 4) is 73.2 Å². The fourth-order valence-corrected chi connectivity index (χ4v) is 8.93. The Morgan fingerprint density at radius 1 is 0.306 bits per heavy atom. The first-order chi connectivity index (χ1) is 30.7. The van der Waals surface area contributed by atoms with Gasteiger partial charge in [0.25, 0.3) is 0 Å². The summed E-state index contributed by atoms with van der Waals surface area (Å²) in [5, 5.41) is 4.54. The van der Waals surface area contributed by atoms with E-state index in [1.54, 1.807) is 0 Å². The first-order valence-electron chi connectivity index (χ1n) is 20.8. The maximum absolute atomic E-state index is 6.59. The molecule has 3 heterocycles. The number of aromatic nitrogens is 4. The normalized spacial score (nSPS) is 11.5. The summed E-state index contributed by atoms with van der Waals surface area (Å²) >= 11 is 0. The maximum Gasteiger partial charge on any atom is 0.164 e. The molecular weight excluding hydrogens is 757 g/mol.